The molecule has 2 heteroatoms. The molecule has 0 heterocycles. The molecule has 0 aliphatic heterocycles. The molecule has 80 valence electrons. The van der Waals surface area contributed by atoms with Crippen LogP contribution in [-0.4, -0.2) is 0 Å². The summed E-state index contributed by atoms with van der Waals surface area (Å²) in [6.45, 7) is 0. The largest absolute Gasteiger partial charge is 0.198 e. The molecule has 0 aromatic carbocycles. The quantitative estimate of drug-likeness (QED) is 0.631. The van der Waals surface area contributed by atoms with Gasteiger partial charge in [-0.05, 0) is 25.2 Å². The Bertz CT molecular complexity index is 145. The normalized spacial score (nSPS) is 20.5. The van der Waals surface area contributed by atoms with Gasteiger partial charge in [-0.3, -0.25) is 0 Å². The van der Waals surface area contributed by atoms with E-state index >= 15 is 0 Å². The molecule has 2 radical (unpaired) electrons. The molecule has 2 saturated carbocycles. The fraction of sp³-hybridized carbons (Fsp3) is 0.750. The second-order valence-electron chi connectivity index (χ2n) is 3.86. The van der Waals surface area contributed by atoms with Crippen LogP contribution in [0.5, 0.6) is 0 Å². The zero-order valence-corrected chi connectivity index (χ0v) is 9.85. The minimum atomic E-state index is 0. The molecule has 0 aromatic heterocycles. The molecular weight excluding hydrogens is 214 g/mol. The van der Waals surface area contributed by atoms with Gasteiger partial charge in [0.15, 0.2) is 0 Å². The van der Waals surface area contributed by atoms with E-state index in [9.17, 15) is 0 Å². The predicted octanol–water partition coefficient (Wildman–Crippen LogP) is 3.81. The van der Waals surface area contributed by atoms with Crippen molar-refractivity contribution < 1.29 is 17.1 Å². The van der Waals surface area contributed by atoms with E-state index in [2.05, 4.69) is 12.5 Å². The fourth-order valence-corrected chi connectivity index (χ4v) is 1.88. The summed E-state index contributed by atoms with van der Waals surface area (Å²) in [5, 5.41) is 8.24. The second kappa shape index (κ2) is 9.56. The first kappa shape index (κ1) is 14.0. The summed E-state index contributed by atoms with van der Waals surface area (Å²) in [6.07, 6.45) is 13.9. The van der Waals surface area contributed by atoms with Crippen LogP contribution in [0.2, 0.25) is 0 Å². The Hall–Kier alpha value is 0.00948. The van der Waals surface area contributed by atoms with Crippen LogP contribution in [0.1, 0.15) is 57.8 Å². The maximum absolute atomic E-state index is 8.24. The van der Waals surface area contributed by atoms with Crippen LogP contribution in [0, 0.1) is 23.7 Å². The summed E-state index contributed by atoms with van der Waals surface area (Å²) in [7, 11) is 0. The number of nitriles is 1. The summed E-state index contributed by atoms with van der Waals surface area (Å²) in [4.78, 5) is 0. The molecule has 2 aliphatic rings. The third kappa shape index (κ3) is 6.46. The number of hydrogen-bond acceptors (Lipinski definition) is 1. The first-order chi connectivity index (χ1) is 6.43. The minimum Gasteiger partial charge on any atom is -0.198 e. The molecule has 1 nitrogen and oxygen atoms in total. The summed E-state index contributed by atoms with van der Waals surface area (Å²) in [5.74, 6) is 1.34. The summed E-state index contributed by atoms with van der Waals surface area (Å²) in [6, 6.07) is 2.14. The van der Waals surface area contributed by atoms with Gasteiger partial charge in [-0.2, -0.15) is 5.26 Å². The Labute approximate surface area is 98.7 Å². The maximum atomic E-state index is 8.24. The van der Waals surface area contributed by atoms with Crippen molar-refractivity contribution in [2.24, 2.45) is 0 Å². The second-order valence-corrected chi connectivity index (χ2v) is 3.86. The van der Waals surface area contributed by atoms with Gasteiger partial charge >= 0.3 is 0 Å². The van der Waals surface area contributed by atoms with E-state index < -0.39 is 0 Å². The van der Waals surface area contributed by atoms with Crippen LogP contribution < -0.4 is 0 Å². The molecule has 0 N–H and O–H groups in total. The van der Waals surface area contributed by atoms with Gasteiger partial charge in [0.1, 0.15) is 0 Å². The van der Waals surface area contributed by atoms with Crippen molar-refractivity contribution in [2.45, 2.75) is 57.8 Å². The zero-order valence-electron chi connectivity index (χ0n) is 8.74. The molecule has 14 heavy (non-hydrogen) atoms. The van der Waals surface area contributed by atoms with Crippen molar-refractivity contribution in [3.8, 4) is 6.07 Å². The van der Waals surface area contributed by atoms with Crippen LogP contribution in [0.15, 0.2) is 0 Å². The number of nitrogens with zero attached hydrogens (tertiary/aromatic N) is 1. The molecule has 0 spiro atoms. The Balaban J connectivity index is 0.000000246. The first-order valence-electron chi connectivity index (χ1n) is 5.48. The third-order valence-electron chi connectivity index (χ3n) is 2.69. The van der Waals surface area contributed by atoms with Crippen LogP contribution in [0.25, 0.3) is 0 Å². The smallest absolute Gasteiger partial charge is 0.0627 e. The van der Waals surface area contributed by atoms with Crippen LogP contribution >= 0.6 is 0 Å². The molecule has 0 saturated heterocycles. The zero-order chi connectivity index (χ0) is 9.36. The van der Waals surface area contributed by atoms with Crippen molar-refractivity contribution in [2.75, 3.05) is 0 Å². The SMILES string of the molecule is C1CCCC1.N#CC[C]1[CH]CCC1.[Fe]. The molecule has 0 unspecified atom stereocenters. The minimum absolute atomic E-state index is 0. The van der Waals surface area contributed by atoms with E-state index in [1.54, 1.807) is 0 Å². The van der Waals surface area contributed by atoms with Gasteiger partial charge in [0.25, 0.3) is 0 Å². The van der Waals surface area contributed by atoms with Gasteiger partial charge < -0.3 is 0 Å². The van der Waals surface area contributed by atoms with E-state index in [0.29, 0.717) is 6.42 Å². The van der Waals surface area contributed by atoms with Crippen LogP contribution in [0.3, 0.4) is 0 Å². The maximum Gasteiger partial charge on any atom is 0.0627 e. The molecule has 2 fully saturated rings. The Morgan fingerprint density at radius 2 is 1.64 bits per heavy atom. The van der Waals surface area contributed by atoms with E-state index in [1.165, 1.54) is 50.9 Å². The average Bonchev–Trinajstić information content (AvgIpc) is 2.79. The van der Waals surface area contributed by atoms with Gasteiger partial charge in [0, 0.05) is 23.5 Å². The number of rotatable bonds is 1. The topological polar surface area (TPSA) is 23.8 Å². The first-order valence-corrected chi connectivity index (χ1v) is 5.48. The molecule has 0 bridgehead atoms. The summed E-state index contributed by atoms with van der Waals surface area (Å²) < 4.78 is 0. The van der Waals surface area contributed by atoms with Crippen LogP contribution in [-0.2, 0) is 17.1 Å². The van der Waals surface area contributed by atoms with Crippen molar-refractivity contribution in [3.05, 3.63) is 12.3 Å². The van der Waals surface area contributed by atoms with Crippen molar-refractivity contribution in [3.63, 3.8) is 0 Å². The molecule has 0 aromatic rings. The Kier molecular flexibility index (Phi) is 9.57. The van der Waals surface area contributed by atoms with E-state index in [-0.39, 0.29) is 17.1 Å². The predicted molar refractivity (Wildman–Crippen MR) is 54.7 cm³/mol. The van der Waals surface area contributed by atoms with E-state index in [1.807, 2.05) is 0 Å². The monoisotopic (exact) mass is 233 g/mol. The van der Waals surface area contributed by atoms with Crippen molar-refractivity contribution in [1.82, 2.24) is 0 Å². The van der Waals surface area contributed by atoms with Gasteiger partial charge in [-0.1, -0.05) is 38.5 Å². The summed E-state index contributed by atoms with van der Waals surface area (Å²) in [5.41, 5.74) is 0. The Morgan fingerprint density at radius 1 is 1.07 bits per heavy atom. The molecular formula is C12H19FeN. The third-order valence-corrected chi connectivity index (χ3v) is 2.69. The van der Waals surface area contributed by atoms with Crippen molar-refractivity contribution in [1.29, 1.82) is 5.26 Å². The van der Waals surface area contributed by atoms with E-state index in [4.69, 9.17) is 5.26 Å². The average molecular weight is 233 g/mol. The molecule has 0 atom stereocenters. The van der Waals surface area contributed by atoms with Gasteiger partial charge in [-0.25, -0.2) is 0 Å². The number of hydrogen-bond donors (Lipinski definition) is 0. The van der Waals surface area contributed by atoms with Gasteiger partial charge in [-0.15, -0.1) is 0 Å². The summed E-state index contributed by atoms with van der Waals surface area (Å²) >= 11 is 0. The Morgan fingerprint density at radius 3 is 2.00 bits per heavy atom. The van der Waals surface area contributed by atoms with Crippen LogP contribution in [0.4, 0.5) is 0 Å². The molecule has 2 aliphatic carbocycles. The molecule has 0 amide bonds. The van der Waals surface area contributed by atoms with Gasteiger partial charge in [0.05, 0.1) is 6.07 Å². The van der Waals surface area contributed by atoms with Crippen molar-refractivity contribution >= 4 is 0 Å². The molecule has 2 rings (SSSR count). The van der Waals surface area contributed by atoms with Gasteiger partial charge in [0.2, 0.25) is 0 Å². The fourth-order valence-electron chi connectivity index (χ4n) is 1.88. The standard InChI is InChI=1S/C7H9N.C5H10.Fe/c8-6-5-7-3-1-2-4-7;1-2-4-5-3-1;/h3H,1-2,4-5H2;1-5H2;. The van der Waals surface area contributed by atoms with E-state index in [0.717, 1.165) is 6.42 Å².